The fourth-order valence-corrected chi connectivity index (χ4v) is 2.37. The molecule has 0 aromatic heterocycles. The maximum absolute atomic E-state index is 12.4. The lowest BCUT2D eigenvalue weighted by Crippen LogP contribution is -2.45. The standard InChI is InChI=1S/C21H22N2O2/c1-3-15-25-19-11-9-18(10-12-19)20(24)23-21(2,16-22)14-13-17-7-5-4-6-8-17/h3-12H,1,13-15H2,2H3,(H,23,24)/t21-/m0/s1. The molecule has 0 unspecified atom stereocenters. The smallest absolute Gasteiger partial charge is 0.252 e. The molecule has 2 rings (SSSR count). The fourth-order valence-electron chi connectivity index (χ4n) is 2.37. The number of amides is 1. The second-order valence-corrected chi connectivity index (χ2v) is 6.01. The Morgan fingerprint density at radius 1 is 1.24 bits per heavy atom. The molecule has 4 heteroatoms. The second-order valence-electron chi connectivity index (χ2n) is 6.01. The van der Waals surface area contributed by atoms with Crippen molar-refractivity contribution in [2.45, 2.75) is 25.3 Å². The fraction of sp³-hybridized carbons (Fsp3) is 0.238. The maximum atomic E-state index is 12.4. The van der Waals surface area contributed by atoms with Crippen molar-refractivity contribution in [3.05, 3.63) is 78.4 Å². The Kier molecular flexibility index (Phi) is 6.36. The molecule has 25 heavy (non-hydrogen) atoms. The van der Waals surface area contributed by atoms with Gasteiger partial charge < -0.3 is 10.1 Å². The number of aryl methyl sites for hydroxylation is 1. The molecule has 0 radical (unpaired) electrons. The first-order chi connectivity index (χ1) is 12.1. The molecule has 0 aliphatic rings. The van der Waals surface area contributed by atoms with Gasteiger partial charge in [-0.2, -0.15) is 5.26 Å². The summed E-state index contributed by atoms with van der Waals surface area (Å²) < 4.78 is 5.40. The van der Waals surface area contributed by atoms with Gasteiger partial charge in [0.2, 0.25) is 0 Å². The lowest BCUT2D eigenvalue weighted by Gasteiger charge is -2.23. The quantitative estimate of drug-likeness (QED) is 0.745. The number of hydrogen-bond donors (Lipinski definition) is 1. The maximum Gasteiger partial charge on any atom is 0.252 e. The number of benzene rings is 2. The lowest BCUT2D eigenvalue weighted by molar-refractivity contribution is 0.0921. The number of nitriles is 1. The first-order valence-electron chi connectivity index (χ1n) is 8.18. The van der Waals surface area contributed by atoms with Crippen molar-refractivity contribution in [3.8, 4) is 11.8 Å². The topological polar surface area (TPSA) is 62.1 Å². The Labute approximate surface area is 148 Å². The Morgan fingerprint density at radius 2 is 1.92 bits per heavy atom. The highest BCUT2D eigenvalue weighted by molar-refractivity contribution is 5.95. The third kappa shape index (κ3) is 5.50. The van der Waals surface area contributed by atoms with Gasteiger partial charge in [0, 0.05) is 5.56 Å². The first-order valence-corrected chi connectivity index (χ1v) is 8.18. The average molecular weight is 334 g/mol. The Morgan fingerprint density at radius 3 is 2.52 bits per heavy atom. The van der Waals surface area contributed by atoms with Crippen LogP contribution in [0, 0.1) is 11.3 Å². The van der Waals surface area contributed by atoms with E-state index < -0.39 is 5.54 Å². The zero-order valence-corrected chi connectivity index (χ0v) is 14.4. The van der Waals surface area contributed by atoms with Gasteiger partial charge in [0.1, 0.15) is 17.9 Å². The van der Waals surface area contributed by atoms with E-state index in [1.807, 2.05) is 30.3 Å². The molecule has 2 aromatic rings. The number of nitrogens with one attached hydrogen (secondary N) is 1. The van der Waals surface area contributed by atoms with Crippen molar-refractivity contribution in [2.75, 3.05) is 6.61 Å². The summed E-state index contributed by atoms with van der Waals surface area (Å²) in [5, 5.41) is 12.3. The van der Waals surface area contributed by atoms with Crippen LogP contribution in [0.3, 0.4) is 0 Å². The van der Waals surface area contributed by atoms with E-state index in [1.165, 1.54) is 0 Å². The lowest BCUT2D eigenvalue weighted by atomic mass is 9.94. The molecule has 0 saturated carbocycles. The Hall–Kier alpha value is -3.06. The molecule has 0 fully saturated rings. The summed E-state index contributed by atoms with van der Waals surface area (Å²) in [6.07, 6.45) is 2.92. The number of ether oxygens (including phenoxy) is 1. The zero-order valence-electron chi connectivity index (χ0n) is 14.4. The van der Waals surface area contributed by atoms with Crippen LogP contribution in [-0.2, 0) is 6.42 Å². The van der Waals surface area contributed by atoms with E-state index in [9.17, 15) is 10.1 Å². The Balaban J connectivity index is 1.98. The van der Waals surface area contributed by atoms with Crippen LogP contribution < -0.4 is 10.1 Å². The van der Waals surface area contributed by atoms with Crippen LogP contribution in [-0.4, -0.2) is 18.1 Å². The summed E-state index contributed by atoms with van der Waals surface area (Å²) in [6, 6.07) is 19.0. The number of nitrogens with zero attached hydrogens (tertiary/aromatic N) is 1. The number of carbonyl (C=O) groups excluding carboxylic acids is 1. The van der Waals surface area contributed by atoms with Crippen molar-refractivity contribution < 1.29 is 9.53 Å². The first kappa shape index (κ1) is 18.3. The van der Waals surface area contributed by atoms with Gasteiger partial charge >= 0.3 is 0 Å². The third-order valence-corrected chi connectivity index (χ3v) is 3.88. The molecular weight excluding hydrogens is 312 g/mol. The van der Waals surface area contributed by atoms with Gasteiger partial charge in [-0.3, -0.25) is 4.79 Å². The van der Waals surface area contributed by atoms with Crippen LogP contribution in [0.5, 0.6) is 5.75 Å². The molecule has 0 aliphatic heterocycles. The molecule has 1 amide bonds. The van der Waals surface area contributed by atoms with E-state index in [2.05, 4.69) is 18.0 Å². The summed E-state index contributed by atoms with van der Waals surface area (Å²) in [5.74, 6) is 0.399. The summed E-state index contributed by atoms with van der Waals surface area (Å²) in [5.41, 5.74) is 0.708. The second kappa shape index (κ2) is 8.70. The van der Waals surface area contributed by atoms with Crippen molar-refractivity contribution in [1.29, 1.82) is 5.26 Å². The molecule has 0 heterocycles. The van der Waals surface area contributed by atoms with Crippen molar-refractivity contribution in [3.63, 3.8) is 0 Å². The minimum Gasteiger partial charge on any atom is -0.490 e. The molecule has 0 saturated heterocycles. The van der Waals surface area contributed by atoms with Gasteiger partial charge in [-0.25, -0.2) is 0 Å². The van der Waals surface area contributed by atoms with Crippen LogP contribution in [0.4, 0.5) is 0 Å². The molecule has 2 aromatic carbocycles. The minimum atomic E-state index is -0.926. The summed E-state index contributed by atoms with van der Waals surface area (Å²) in [4.78, 5) is 12.4. The van der Waals surface area contributed by atoms with Crippen LogP contribution in [0.1, 0.15) is 29.3 Å². The molecular formula is C21H22N2O2. The van der Waals surface area contributed by atoms with Crippen LogP contribution in [0.2, 0.25) is 0 Å². The number of hydrogen-bond acceptors (Lipinski definition) is 3. The third-order valence-electron chi connectivity index (χ3n) is 3.88. The van der Waals surface area contributed by atoms with Crippen LogP contribution in [0.25, 0.3) is 0 Å². The SMILES string of the molecule is C=CCOc1ccc(C(=O)N[C@](C)(C#N)CCc2ccccc2)cc1. The minimum absolute atomic E-state index is 0.271. The average Bonchev–Trinajstić information content (AvgIpc) is 2.66. The summed E-state index contributed by atoms with van der Waals surface area (Å²) in [7, 11) is 0. The van der Waals surface area contributed by atoms with Crippen LogP contribution >= 0.6 is 0 Å². The van der Waals surface area contributed by atoms with E-state index in [0.29, 0.717) is 24.3 Å². The van der Waals surface area contributed by atoms with Gasteiger partial charge in [0.05, 0.1) is 6.07 Å². The number of carbonyl (C=O) groups is 1. The Bertz CT molecular complexity index is 748. The van der Waals surface area contributed by atoms with Gasteiger partial charge in [-0.15, -0.1) is 0 Å². The van der Waals surface area contributed by atoms with E-state index in [-0.39, 0.29) is 5.91 Å². The largest absolute Gasteiger partial charge is 0.490 e. The number of rotatable bonds is 8. The van der Waals surface area contributed by atoms with Gasteiger partial charge in [0.15, 0.2) is 0 Å². The summed E-state index contributed by atoms with van der Waals surface area (Å²) in [6.45, 7) is 5.75. The molecule has 4 nitrogen and oxygen atoms in total. The van der Waals surface area contributed by atoms with Gasteiger partial charge in [0.25, 0.3) is 5.91 Å². The van der Waals surface area contributed by atoms with E-state index in [1.54, 1.807) is 37.3 Å². The molecule has 1 atom stereocenters. The molecule has 128 valence electrons. The predicted octanol–water partition coefficient (Wildman–Crippen LogP) is 3.90. The van der Waals surface area contributed by atoms with E-state index in [0.717, 1.165) is 12.0 Å². The predicted molar refractivity (Wildman–Crippen MR) is 98.4 cm³/mol. The molecule has 0 spiro atoms. The van der Waals surface area contributed by atoms with Crippen molar-refractivity contribution in [2.24, 2.45) is 0 Å². The summed E-state index contributed by atoms with van der Waals surface area (Å²) >= 11 is 0. The zero-order chi connectivity index (χ0) is 18.1. The van der Waals surface area contributed by atoms with Crippen molar-refractivity contribution in [1.82, 2.24) is 5.32 Å². The van der Waals surface area contributed by atoms with Crippen LogP contribution in [0.15, 0.2) is 67.3 Å². The van der Waals surface area contributed by atoms with Gasteiger partial charge in [-0.05, 0) is 49.6 Å². The molecule has 1 N–H and O–H groups in total. The molecule has 0 bridgehead atoms. The van der Waals surface area contributed by atoms with E-state index >= 15 is 0 Å². The highest BCUT2D eigenvalue weighted by Gasteiger charge is 2.26. The van der Waals surface area contributed by atoms with E-state index in [4.69, 9.17) is 4.74 Å². The normalized spacial score (nSPS) is 12.5. The highest BCUT2D eigenvalue weighted by atomic mass is 16.5. The monoisotopic (exact) mass is 334 g/mol. The highest BCUT2D eigenvalue weighted by Crippen LogP contribution is 2.16. The van der Waals surface area contributed by atoms with Gasteiger partial charge in [-0.1, -0.05) is 43.0 Å². The molecule has 0 aliphatic carbocycles. The van der Waals surface area contributed by atoms with Crippen molar-refractivity contribution >= 4 is 5.91 Å².